The maximum absolute atomic E-state index is 12.4. The number of hydrogen-bond acceptors (Lipinski definition) is 5. The zero-order chi connectivity index (χ0) is 18.7. The third kappa shape index (κ3) is 4.05. The van der Waals surface area contributed by atoms with E-state index in [4.69, 9.17) is 0 Å². The average molecular weight is 352 g/mol. The van der Waals surface area contributed by atoms with Crippen molar-refractivity contribution in [3.05, 3.63) is 58.7 Å². The highest BCUT2D eigenvalue weighted by Crippen LogP contribution is 2.13. The summed E-state index contributed by atoms with van der Waals surface area (Å²) in [5, 5.41) is 7.14. The van der Waals surface area contributed by atoms with E-state index in [9.17, 15) is 4.79 Å². The smallest absolute Gasteiger partial charge is 0.252 e. The van der Waals surface area contributed by atoms with Gasteiger partial charge in [0.25, 0.3) is 5.78 Å². The molecule has 0 radical (unpaired) electrons. The maximum Gasteiger partial charge on any atom is 0.252 e. The molecule has 0 aliphatic heterocycles. The Balaban J connectivity index is 1.62. The van der Waals surface area contributed by atoms with Crippen LogP contribution in [-0.4, -0.2) is 44.5 Å². The quantitative estimate of drug-likeness (QED) is 0.730. The summed E-state index contributed by atoms with van der Waals surface area (Å²) < 4.78 is 1.67. The second-order valence-electron chi connectivity index (χ2n) is 6.74. The third-order valence-electron chi connectivity index (χ3n) is 4.34. The molecule has 3 aromatic rings. The molecular formula is C19H24N6O. The summed E-state index contributed by atoms with van der Waals surface area (Å²) in [5.41, 5.74) is 4.93. The summed E-state index contributed by atoms with van der Waals surface area (Å²) >= 11 is 0. The Bertz CT molecular complexity index is 914. The first-order chi connectivity index (χ1) is 12.4. The molecule has 2 aromatic heterocycles. The van der Waals surface area contributed by atoms with Gasteiger partial charge in [-0.2, -0.15) is 10.1 Å². The van der Waals surface area contributed by atoms with Gasteiger partial charge in [-0.1, -0.05) is 24.3 Å². The summed E-state index contributed by atoms with van der Waals surface area (Å²) in [6.07, 6.45) is 1.75. The highest BCUT2D eigenvalue weighted by atomic mass is 16.1. The summed E-state index contributed by atoms with van der Waals surface area (Å²) in [6.45, 7) is 5.25. The number of carbonyl (C=O) groups is 1. The number of hydrogen-bond donors (Lipinski definition) is 1. The number of nitrogens with zero attached hydrogens (tertiary/aromatic N) is 5. The van der Waals surface area contributed by atoms with E-state index in [1.165, 1.54) is 11.9 Å². The number of aromatic nitrogens is 4. The number of nitrogens with one attached hydrogen (secondary N) is 1. The Hall–Kier alpha value is -2.80. The molecule has 0 saturated heterocycles. The number of aryl methyl sites for hydroxylation is 2. The van der Waals surface area contributed by atoms with Crippen molar-refractivity contribution in [2.24, 2.45) is 0 Å². The SMILES string of the molecule is Cc1nc2ncnn2c(C)c1CC(=O)NCc1ccc(CN(C)C)cc1. The van der Waals surface area contributed by atoms with E-state index in [1.807, 2.05) is 27.9 Å². The molecule has 26 heavy (non-hydrogen) atoms. The average Bonchev–Trinajstić information content (AvgIpc) is 3.06. The Morgan fingerprint density at radius 2 is 1.85 bits per heavy atom. The number of benzene rings is 1. The lowest BCUT2D eigenvalue weighted by Gasteiger charge is -2.12. The molecule has 7 nitrogen and oxygen atoms in total. The zero-order valence-electron chi connectivity index (χ0n) is 15.7. The summed E-state index contributed by atoms with van der Waals surface area (Å²) in [6, 6.07) is 8.30. The third-order valence-corrected chi connectivity index (χ3v) is 4.34. The Morgan fingerprint density at radius 1 is 1.15 bits per heavy atom. The predicted octanol–water partition coefficient (Wildman–Crippen LogP) is 1.66. The Kier molecular flexibility index (Phi) is 5.27. The van der Waals surface area contributed by atoms with Gasteiger partial charge in [0, 0.05) is 30.0 Å². The van der Waals surface area contributed by atoms with E-state index >= 15 is 0 Å². The van der Waals surface area contributed by atoms with Gasteiger partial charge in [-0.25, -0.2) is 9.50 Å². The van der Waals surface area contributed by atoms with Gasteiger partial charge in [-0.3, -0.25) is 4.79 Å². The van der Waals surface area contributed by atoms with E-state index in [1.54, 1.807) is 4.52 Å². The topological polar surface area (TPSA) is 75.4 Å². The number of carbonyl (C=O) groups excluding carboxylic acids is 1. The minimum Gasteiger partial charge on any atom is -0.352 e. The standard InChI is InChI=1S/C19H24N6O/c1-13-17(14(2)25-19(23-13)21-12-22-25)9-18(26)20-10-15-5-7-16(8-6-15)11-24(3)4/h5-8,12H,9-11H2,1-4H3,(H,20,26). The number of amides is 1. The molecule has 0 saturated carbocycles. The molecule has 0 bridgehead atoms. The van der Waals surface area contributed by atoms with Crippen molar-refractivity contribution in [2.75, 3.05) is 14.1 Å². The largest absolute Gasteiger partial charge is 0.352 e. The van der Waals surface area contributed by atoms with Gasteiger partial charge in [0.2, 0.25) is 5.91 Å². The molecule has 0 unspecified atom stereocenters. The molecule has 1 amide bonds. The second kappa shape index (κ2) is 7.61. The molecule has 7 heteroatoms. The summed E-state index contributed by atoms with van der Waals surface area (Å²) in [4.78, 5) is 23.0. The van der Waals surface area contributed by atoms with Crippen LogP contribution in [0, 0.1) is 13.8 Å². The molecule has 1 N–H and O–H groups in total. The predicted molar refractivity (Wildman–Crippen MR) is 99.6 cm³/mol. The van der Waals surface area contributed by atoms with Crippen molar-refractivity contribution in [1.29, 1.82) is 0 Å². The van der Waals surface area contributed by atoms with Gasteiger partial charge < -0.3 is 10.2 Å². The second-order valence-corrected chi connectivity index (χ2v) is 6.74. The minimum absolute atomic E-state index is 0.0326. The van der Waals surface area contributed by atoms with Crippen LogP contribution in [0.15, 0.2) is 30.6 Å². The molecule has 0 aliphatic rings. The Labute approximate surface area is 153 Å². The number of fused-ring (bicyclic) bond motifs is 1. The monoisotopic (exact) mass is 352 g/mol. The van der Waals surface area contributed by atoms with Crippen LogP contribution in [0.5, 0.6) is 0 Å². The molecule has 0 fully saturated rings. The molecule has 0 atom stereocenters. The van der Waals surface area contributed by atoms with Gasteiger partial charge >= 0.3 is 0 Å². The molecule has 136 valence electrons. The van der Waals surface area contributed by atoms with E-state index in [0.29, 0.717) is 12.3 Å². The molecular weight excluding hydrogens is 328 g/mol. The van der Waals surface area contributed by atoms with E-state index in [0.717, 1.165) is 29.1 Å². The zero-order valence-corrected chi connectivity index (χ0v) is 15.7. The molecule has 1 aromatic carbocycles. The molecule has 2 heterocycles. The molecule has 3 rings (SSSR count). The molecule has 0 aliphatic carbocycles. The van der Waals surface area contributed by atoms with Crippen LogP contribution in [0.2, 0.25) is 0 Å². The van der Waals surface area contributed by atoms with Gasteiger partial charge in [0.1, 0.15) is 6.33 Å². The fourth-order valence-corrected chi connectivity index (χ4v) is 2.96. The fraction of sp³-hybridized carbons (Fsp3) is 0.368. The van der Waals surface area contributed by atoms with Crippen LogP contribution in [0.4, 0.5) is 0 Å². The highest BCUT2D eigenvalue weighted by molar-refractivity contribution is 5.79. The van der Waals surface area contributed by atoms with Gasteiger partial charge in [0.05, 0.1) is 6.42 Å². The van der Waals surface area contributed by atoms with Crippen molar-refractivity contribution in [1.82, 2.24) is 29.8 Å². The van der Waals surface area contributed by atoms with Gasteiger partial charge in [0.15, 0.2) is 0 Å². The van der Waals surface area contributed by atoms with Crippen LogP contribution in [0.25, 0.3) is 5.78 Å². The number of rotatable bonds is 6. The lowest BCUT2D eigenvalue weighted by atomic mass is 10.1. The Morgan fingerprint density at radius 3 is 2.54 bits per heavy atom. The first kappa shape index (κ1) is 18.0. The first-order valence-corrected chi connectivity index (χ1v) is 8.59. The van der Waals surface area contributed by atoms with E-state index < -0.39 is 0 Å². The normalized spacial score (nSPS) is 11.3. The van der Waals surface area contributed by atoms with Crippen molar-refractivity contribution in [2.45, 2.75) is 33.4 Å². The minimum atomic E-state index is -0.0326. The van der Waals surface area contributed by atoms with Crippen LogP contribution in [-0.2, 0) is 24.3 Å². The van der Waals surface area contributed by atoms with Gasteiger partial charge in [-0.05, 0) is 39.1 Å². The summed E-state index contributed by atoms with van der Waals surface area (Å²) in [7, 11) is 4.09. The van der Waals surface area contributed by atoms with E-state index in [-0.39, 0.29) is 12.3 Å². The van der Waals surface area contributed by atoms with Crippen LogP contribution in [0.1, 0.15) is 28.1 Å². The van der Waals surface area contributed by atoms with Crippen molar-refractivity contribution >= 4 is 11.7 Å². The van der Waals surface area contributed by atoms with Crippen molar-refractivity contribution in [3.8, 4) is 0 Å². The van der Waals surface area contributed by atoms with Crippen LogP contribution in [0.3, 0.4) is 0 Å². The molecule has 0 spiro atoms. The van der Waals surface area contributed by atoms with Gasteiger partial charge in [-0.15, -0.1) is 0 Å². The van der Waals surface area contributed by atoms with Crippen LogP contribution >= 0.6 is 0 Å². The maximum atomic E-state index is 12.4. The summed E-state index contributed by atoms with van der Waals surface area (Å²) in [5.74, 6) is 0.525. The first-order valence-electron chi connectivity index (χ1n) is 8.59. The van der Waals surface area contributed by atoms with Crippen LogP contribution < -0.4 is 5.32 Å². The van der Waals surface area contributed by atoms with Crippen molar-refractivity contribution < 1.29 is 4.79 Å². The van der Waals surface area contributed by atoms with Crippen molar-refractivity contribution in [3.63, 3.8) is 0 Å². The fourth-order valence-electron chi connectivity index (χ4n) is 2.96. The lowest BCUT2D eigenvalue weighted by molar-refractivity contribution is -0.120. The van der Waals surface area contributed by atoms with E-state index in [2.05, 4.69) is 49.5 Å². The highest BCUT2D eigenvalue weighted by Gasteiger charge is 2.14. The lowest BCUT2D eigenvalue weighted by Crippen LogP contribution is -2.26.